The first-order chi connectivity index (χ1) is 9.68. The molecule has 0 radical (unpaired) electrons. The zero-order valence-corrected chi connectivity index (χ0v) is 13.3. The van der Waals surface area contributed by atoms with E-state index >= 15 is 0 Å². The molecule has 5 nitrogen and oxygen atoms in total. The molecule has 21 heavy (non-hydrogen) atoms. The molecule has 0 aliphatic rings. The number of nitrogens with zero attached hydrogens (tertiary/aromatic N) is 1. The Morgan fingerprint density at radius 1 is 1.24 bits per heavy atom. The second-order valence-electron chi connectivity index (χ2n) is 6.07. The van der Waals surface area contributed by atoms with Gasteiger partial charge in [0.05, 0.1) is 12.6 Å². The number of ketones is 1. The third kappa shape index (κ3) is 4.29. The lowest BCUT2D eigenvalue weighted by atomic mass is 9.98. The molecule has 0 saturated heterocycles. The van der Waals surface area contributed by atoms with E-state index in [-0.39, 0.29) is 18.4 Å². The Bertz CT molecular complexity index is 503. The number of hydrogen-bond acceptors (Lipinski definition) is 3. The minimum atomic E-state index is -0.953. The van der Waals surface area contributed by atoms with E-state index in [0.29, 0.717) is 5.56 Å². The van der Waals surface area contributed by atoms with Gasteiger partial charge < -0.3 is 10.4 Å². The number of carbonyl (C=O) groups is 2. The molecule has 0 aliphatic carbocycles. The van der Waals surface area contributed by atoms with Gasteiger partial charge in [-0.05, 0) is 40.3 Å². The van der Waals surface area contributed by atoms with Gasteiger partial charge in [-0.1, -0.05) is 24.3 Å². The number of rotatable bonds is 5. The fraction of sp³-hybridized carbons (Fsp3) is 0.500. The lowest BCUT2D eigenvalue weighted by molar-refractivity contribution is 0.0752. The molecule has 0 saturated carbocycles. The SMILES string of the molecule is CNCC(=O)c1ccc([C@H](C)N(C(=O)O)C(C)(C)C)cc1. The molecule has 1 rings (SSSR count). The molecule has 5 heteroatoms. The molecule has 0 heterocycles. The summed E-state index contributed by atoms with van der Waals surface area (Å²) in [7, 11) is 1.72. The molecule has 1 aromatic carbocycles. The monoisotopic (exact) mass is 292 g/mol. The number of Topliss-reactive ketones (excluding diaryl/α,β-unsaturated/α-hetero) is 1. The predicted octanol–water partition coefficient (Wildman–Crippen LogP) is 2.93. The Hall–Kier alpha value is -1.88. The topological polar surface area (TPSA) is 69.6 Å². The first kappa shape index (κ1) is 17.2. The third-order valence-corrected chi connectivity index (χ3v) is 3.37. The Balaban J connectivity index is 3.00. The van der Waals surface area contributed by atoms with E-state index in [4.69, 9.17) is 0 Å². The number of nitrogens with one attached hydrogen (secondary N) is 1. The summed E-state index contributed by atoms with van der Waals surface area (Å²) in [6.07, 6.45) is -0.953. The van der Waals surface area contributed by atoms with Crippen LogP contribution in [-0.4, -0.2) is 41.0 Å². The molecule has 0 aliphatic heterocycles. The maximum atomic E-state index is 11.8. The summed E-state index contributed by atoms with van der Waals surface area (Å²) in [5.41, 5.74) is 0.998. The number of hydrogen-bond donors (Lipinski definition) is 2. The van der Waals surface area contributed by atoms with Gasteiger partial charge in [-0.3, -0.25) is 9.69 Å². The number of benzene rings is 1. The molecular weight excluding hydrogens is 268 g/mol. The zero-order valence-electron chi connectivity index (χ0n) is 13.3. The van der Waals surface area contributed by atoms with Crippen LogP contribution in [0.5, 0.6) is 0 Å². The van der Waals surface area contributed by atoms with Crippen molar-refractivity contribution < 1.29 is 14.7 Å². The molecule has 0 fully saturated rings. The predicted molar refractivity (Wildman–Crippen MR) is 82.7 cm³/mol. The summed E-state index contributed by atoms with van der Waals surface area (Å²) in [6.45, 7) is 7.73. The van der Waals surface area contributed by atoms with Gasteiger partial charge in [0.15, 0.2) is 5.78 Å². The molecule has 0 unspecified atom stereocenters. The van der Waals surface area contributed by atoms with Gasteiger partial charge in [-0.15, -0.1) is 0 Å². The maximum Gasteiger partial charge on any atom is 0.408 e. The van der Waals surface area contributed by atoms with Crippen molar-refractivity contribution in [2.24, 2.45) is 0 Å². The van der Waals surface area contributed by atoms with Crippen LogP contribution >= 0.6 is 0 Å². The number of carbonyl (C=O) groups excluding carboxylic acids is 1. The first-order valence-electron chi connectivity index (χ1n) is 6.98. The highest BCUT2D eigenvalue weighted by molar-refractivity contribution is 5.97. The summed E-state index contributed by atoms with van der Waals surface area (Å²) in [5.74, 6) is 0.0163. The van der Waals surface area contributed by atoms with E-state index in [0.717, 1.165) is 5.56 Å². The highest BCUT2D eigenvalue weighted by Crippen LogP contribution is 2.28. The van der Waals surface area contributed by atoms with Crippen LogP contribution in [0.1, 0.15) is 49.7 Å². The smallest absolute Gasteiger partial charge is 0.408 e. The Morgan fingerprint density at radius 2 is 1.76 bits per heavy atom. The van der Waals surface area contributed by atoms with Crippen LogP contribution in [0.2, 0.25) is 0 Å². The number of likely N-dealkylation sites (N-methyl/N-ethyl adjacent to an activating group) is 1. The normalized spacial score (nSPS) is 12.8. The van der Waals surface area contributed by atoms with Gasteiger partial charge in [0, 0.05) is 11.1 Å². The Morgan fingerprint density at radius 3 is 2.14 bits per heavy atom. The highest BCUT2D eigenvalue weighted by Gasteiger charge is 2.31. The van der Waals surface area contributed by atoms with Gasteiger partial charge >= 0.3 is 6.09 Å². The standard InChI is InChI=1S/C16H24N2O3/c1-11(18(15(20)21)16(2,3)4)12-6-8-13(9-7-12)14(19)10-17-5/h6-9,11,17H,10H2,1-5H3,(H,20,21)/t11-/m0/s1. The van der Waals surface area contributed by atoms with Crippen LogP contribution in [-0.2, 0) is 0 Å². The van der Waals surface area contributed by atoms with Crippen molar-refractivity contribution in [3.63, 3.8) is 0 Å². The van der Waals surface area contributed by atoms with Crippen molar-refractivity contribution in [1.29, 1.82) is 0 Å². The van der Waals surface area contributed by atoms with E-state index in [1.807, 2.05) is 39.8 Å². The van der Waals surface area contributed by atoms with Crippen molar-refractivity contribution in [2.75, 3.05) is 13.6 Å². The molecule has 1 atom stereocenters. The number of carboxylic acid groups (broad SMARTS) is 1. The largest absolute Gasteiger partial charge is 0.465 e. The molecule has 1 aromatic rings. The molecule has 116 valence electrons. The summed E-state index contributed by atoms with van der Waals surface area (Å²) in [4.78, 5) is 24.7. The van der Waals surface area contributed by atoms with E-state index < -0.39 is 11.6 Å². The molecule has 0 bridgehead atoms. The molecular formula is C16H24N2O3. The maximum absolute atomic E-state index is 11.8. The summed E-state index contributed by atoms with van der Waals surface area (Å²) < 4.78 is 0. The molecule has 0 spiro atoms. The van der Waals surface area contributed by atoms with Crippen molar-refractivity contribution in [2.45, 2.75) is 39.3 Å². The molecule has 0 aromatic heterocycles. The fourth-order valence-corrected chi connectivity index (χ4v) is 2.39. The van der Waals surface area contributed by atoms with Gasteiger partial charge in [0.2, 0.25) is 0 Å². The van der Waals surface area contributed by atoms with Crippen LogP contribution < -0.4 is 5.32 Å². The minimum absolute atomic E-state index is 0.0163. The summed E-state index contributed by atoms with van der Waals surface area (Å²) >= 11 is 0. The average Bonchev–Trinajstić information content (AvgIpc) is 2.37. The average molecular weight is 292 g/mol. The van der Waals surface area contributed by atoms with Crippen LogP contribution in [0.3, 0.4) is 0 Å². The third-order valence-electron chi connectivity index (χ3n) is 3.37. The molecule has 2 N–H and O–H groups in total. The lowest BCUT2D eigenvalue weighted by Crippen LogP contribution is -2.46. The van der Waals surface area contributed by atoms with E-state index in [9.17, 15) is 14.7 Å². The van der Waals surface area contributed by atoms with Crippen LogP contribution in [0.15, 0.2) is 24.3 Å². The van der Waals surface area contributed by atoms with Crippen LogP contribution in [0.4, 0.5) is 4.79 Å². The lowest BCUT2D eigenvalue weighted by Gasteiger charge is -2.38. The molecule has 1 amide bonds. The van der Waals surface area contributed by atoms with Crippen LogP contribution in [0.25, 0.3) is 0 Å². The zero-order chi connectivity index (χ0) is 16.2. The fourth-order valence-electron chi connectivity index (χ4n) is 2.39. The van der Waals surface area contributed by atoms with Crippen molar-refractivity contribution in [3.8, 4) is 0 Å². The van der Waals surface area contributed by atoms with Crippen molar-refractivity contribution >= 4 is 11.9 Å². The Labute approximate surface area is 126 Å². The summed E-state index contributed by atoms with van der Waals surface area (Å²) in [5, 5.41) is 12.2. The van der Waals surface area contributed by atoms with Crippen molar-refractivity contribution in [1.82, 2.24) is 10.2 Å². The Kier molecular flexibility index (Phi) is 5.49. The first-order valence-corrected chi connectivity index (χ1v) is 6.98. The van der Waals surface area contributed by atoms with Gasteiger partial charge in [0.25, 0.3) is 0 Å². The minimum Gasteiger partial charge on any atom is -0.465 e. The second-order valence-corrected chi connectivity index (χ2v) is 6.07. The van der Waals surface area contributed by atoms with E-state index in [1.165, 1.54) is 4.90 Å². The quantitative estimate of drug-likeness (QED) is 0.819. The highest BCUT2D eigenvalue weighted by atomic mass is 16.4. The van der Waals surface area contributed by atoms with Crippen LogP contribution in [0, 0.1) is 0 Å². The van der Waals surface area contributed by atoms with E-state index in [1.54, 1.807) is 19.2 Å². The second kappa shape index (κ2) is 6.72. The summed E-state index contributed by atoms with van der Waals surface area (Å²) in [6, 6.07) is 6.84. The van der Waals surface area contributed by atoms with E-state index in [2.05, 4.69) is 5.32 Å². The van der Waals surface area contributed by atoms with Crippen molar-refractivity contribution in [3.05, 3.63) is 35.4 Å². The van der Waals surface area contributed by atoms with Gasteiger partial charge in [0.1, 0.15) is 0 Å². The van der Waals surface area contributed by atoms with Gasteiger partial charge in [-0.25, -0.2) is 4.79 Å². The number of amides is 1. The van der Waals surface area contributed by atoms with Gasteiger partial charge in [-0.2, -0.15) is 0 Å².